The number of amides is 4. The molecule has 6 atom stereocenters. The third kappa shape index (κ3) is 12.9. The first kappa shape index (κ1) is 37.4. The van der Waals surface area contributed by atoms with E-state index in [4.69, 9.17) is 0 Å². The fourth-order valence-electron chi connectivity index (χ4n) is 5.70. The normalized spacial score (nSPS) is 17.7. The number of hydrogen-bond donors (Lipinski definition) is 7. The van der Waals surface area contributed by atoms with Gasteiger partial charge in [-0.25, -0.2) is 4.98 Å². The molecule has 258 valence electrons. The van der Waals surface area contributed by atoms with Crippen molar-refractivity contribution in [3.63, 3.8) is 0 Å². The largest absolute Gasteiger partial charge is 0.390 e. The summed E-state index contributed by atoms with van der Waals surface area (Å²) in [4.78, 5) is 71.9. The van der Waals surface area contributed by atoms with Gasteiger partial charge in [-0.15, -0.1) is 0 Å². The van der Waals surface area contributed by atoms with Gasteiger partial charge in [-0.2, -0.15) is 0 Å². The van der Waals surface area contributed by atoms with Crippen LogP contribution in [0.2, 0.25) is 0 Å². The molecule has 1 aliphatic rings. The highest BCUT2D eigenvalue weighted by atomic mass is 16.3. The van der Waals surface area contributed by atoms with Crippen molar-refractivity contribution < 1.29 is 29.1 Å². The molecular formula is C34H51N7O6. The Morgan fingerprint density at radius 2 is 1.62 bits per heavy atom. The number of aldehydes is 1. The number of aromatic nitrogens is 2. The maximum absolute atomic E-state index is 13.8. The average Bonchev–Trinajstić information content (AvgIpc) is 3.75. The lowest BCUT2D eigenvalue weighted by Gasteiger charge is -2.29. The van der Waals surface area contributed by atoms with Gasteiger partial charge in [0, 0.05) is 24.7 Å². The van der Waals surface area contributed by atoms with Crippen LogP contribution in [0.15, 0.2) is 42.9 Å². The molecule has 0 radical (unpaired) electrons. The van der Waals surface area contributed by atoms with E-state index in [-0.39, 0.29) is 37.0 Å². The van der Waals surface area contributed by atoms with Crippen molar-refractivity contribution in [2.45, 2.75) is 109 Å². The summed E-state index contributed by atoms with van der Waals surface area (Å²) in [5.74, 6) is -1.65. The molecule has 2 aromatic rings. The van der Waals surface area contributed by atoms with Gasteiger partial charge in [0.15, 0.2) is 0 Å². The molecule has 3 rings (SSSR count). The molecule has 1 aromatic carbocycles. The van der Waals surface area contributed by atoms with Gasteiger partial charge in [0.25, 0.3) is 0 Å². The van der Waals surface area contributed by atoms with Gasteiger partial charge < -0.3 is 41.5 Å². The summed E-state index contributed by atoms with van der Waals surface area (Å²) in [6.07, 6.45) is 4.76. The Morgan fingerprint density at radius 3 is 2.21 bits per heavy atom. The summed E-state index contributed by atoms with van der Waals surface area (Å²) in [5.41, 5.74) is 1.43. The minimum Gasteiger partial charge on any atom is -0.390 e. The Hall–Kier alpha value is -4.10. The van der Waals surface area contributed by atoms with Crippen molar-refractivity contribution in [3.8, 4) is 0 Å². The summed E-state index contributed by atoms with van der Waals surface area (Å²) in [5, 5.41) is 25.5. The van der Waals surface area contributed by atoms with E-state index in [0.717, 1.165) is 18.5 Å². The van der Waals surface area contributed by atoms with Crippen LogP contribution in [0, 0.1) is 11.8 Å². The number of aliphatic hydroxyl groups is 1. The van der Waals surface area contributed by atoms with Crippen molar-refractivity contribution >= 4 is 29.9 Å². The van der Waals surface area contributed by atoms with Crippen LogP contribution in [0.25, 0.3) is 0 Å². The van der Waals surface area contributed by atoms with E-state index in [0.29, 0.717) is 31.2 Å². The van der Waals surface area contributed by atoms with E-state index >= 15 is 0 Å². The molecule has 0 spiro atoms. The predicted molar refractivity (Wildman–Crippen MR) is 177 cm³/mol. The number of benzene rings is 1. The van der Waals surface area contributed by atoms with Crippen molar-refractivity contribution in [2.24, 2.45) is 11.8 Å². The molecule has 1 aromatic heterocycles. The van der Waals surface area contributed by atoms with Crippen LogP contribution in [0.4, 0.5) is 0 Å². The number of H-pyrrole nitrogens is 1. The van der Waals surface area contributed by atoms with E-state index in [1.165, 1.54) is 6.33 Å². The molecule has 7 N–H and O–H groups in total. The number of hydrogen-bond acceptors (Lipinski definition) is 8. The minimum atomic E-state index is -1.25. The van der Waals surface area contributed by atoms with Crippen LogP contribution in [-0.2, 0) is 36.8 Å². The van der Waals surface area contributed by atoms with E-state index < -0.39 is 54.0 Å². The first-order chi connectivity index (χ1) is 22.4. The topological polar surface area (TPSA) is 194 Å². The summed E-state index contributed by atoms with van der Waals surface area (Å²) >= 11 is 0. The summed E-state index contributed by atoms with van der Waals surface area (Å²) in [7, 11) is 0. The zero-order chi connectivity index (χ0) is 34.3. The van der Waals surface area contributed by atoms with E-state index in [2.05, 4.69) is 36.6 Å². The molecular weight excluding hydrogens is 602 g/mol. The fourth-order valence-corrected chi connectivity index (χ4v) is 5.70. The van der Waals surface area contributed by atoms with Crippen LogP contribution >= 0.6 is 0 Å². The van der Waals surface area contributed by atoms with Gasteiger partial charge >= 0.3 is 0 Å². The second kappa shape index (κ2) is 18.9. The van der Waals surface area contributed by atoms with E-state index in [9.17, 15) is 29.1 Å². The zero-order valence-electron chi connectivity index (χ0n) is 27.8. The predicted octanol–water partition coefficient (Wildman–Crippen LogP) is 0.928. The number of nitrogens with one attached hydrogen (secondary N) is 6. The van der Waals surface area contributed by atoms with Crippen molar-refractivity contribution in [1.29, 1.82) is 0 Å². The molecule has 13 nitrogen and oxygen atoms in total. The number of carbonyl (C=O) groups excluding carboxylic acids is 5. The second-order valence-electron chi connectivity index (χ2n) is 13.2. The number of nitrogens with zero attached hydrogens (tertiary/aromatic N) is 1. The van der Waals surface area contributed by atoms with Gasteiger partial charge in [-0.05, 0) is 49.6 Å². The summed E-state index contributed by atoms with van der Waals surface area (Å²) < 4.78 is 0. The summed E-state index contributed by atoms with van der Waals surface area (Å²) in [6, 6.07) is 5.36. The smallest absolute Gasteiger partial charge is 0.243 e. The maximum Gasteiger partial charge on any atom is 0.243 e. The first-order valence-corrected chi connectivity index (χ1v) is 16.5. The highest BCUT2D eigenvalue weighted by Crippen LogP contribution is 2.14. The van der Waals surface area contributed by atoms with Crippen LogP contribution in [0.1, 0.15) is 71.1 Å². The molecule has 13 heteroatoms. The van der Waals surface area contributed by atoms with Gasteiger partial charge in [0.05, 0.1) is 37.0 Å². The zero-order valence-corrected chi connectivity index (χ0v) is 27.8. The average molecular weight is 654 g/mol. The lowest BCUT2D eigenvalue weighted by atomic mass is 9.96. The Balaban J connectivity index is 1.77. The lowest BCUT2D eigenvalue weighted by molar-refractivity contribution is -0.133. The van der Waals surface area contributed by atoms with Crippen LogP contribution in [-0.4, -0.2) is 87.8 Å². The fraction of sp³-hybridized carbons (Fsp3) is 0.588. The maximum atomic E-state index is 13.8. The Morgan fingerprint density at radius 1 is 0.936 bits per heavy atom. The Kier molecular flexibility index (Phi) is 15.0. The molecule has 2 heterocycles. The highest BCUT2D eigenvalue weighted by molar-refractivity contribution is 5.93. The molecule has 1 saturated heterocycles. The third-order valence-corrected chi connectivity index (χ3v) is 8.05. The van der Waals surface area contributed by atoms with Crippen molar-refractivity contribution in [3.05, 3.63) is 54.1 Å². The molecule has 0 aliphatic carbocycles. The molecule has 47 heavy (non-hydrogen) atoms. The number of aliphatic hydroxyl groups excluding tert-OH is 1. The molecule has 4 amide bonds. The van der Waals surface area contributed by atoms with Crippen molar-refractivity contribution in [2.75, 3.05) is 6.54 Å². The Labute approximate surface area is 276 Å². The number of rotatable bonds is 19. The molecule has 0 saturated carbocycles. The van der Waals surface area contributed by atoms with Crippen LogP contribution < -0.4 is 26.6 Å². The summed E-state index contributed by atoms with van der Waals surface area (Å²) in [6.45, 7) is 8.46. The van der Waals surface area contributed by atoms with Crippen LogP contribution in [0.3, 0.4) is 0 Å². The van der Waals surface area contributed by atoms with Gasteiger partial charge in [0.2, 0.25) is 23.6 Å². The standard InChI is InChI=1S/C34H51N7O6/c1-21(2)13-25(19-42)38-31(44)17-30(43)27(14-22(3)4)39-34(47)29(16-24-18-35-20-37-24)41-33(46)28(15-23-9-6-5-7-10-23)40-32(45)26-11-8-12-36-26/h5-7,9-10,18-22,25-30,36,43H,8,11-17H2,1-4H3,(H,35,37)(H,38,44)(H,39,47)(H,40,45)(H,41,46)/t25-,26-,27-,28-,29-,30-/m0/s1. The van der Waals surface area contributed by atoms with Crippen molar-refractivity contribution in [1.82, 2.24) is 36.6 Å². The second-order valence-corrected chi connectivity index (χ2v) is 13.2. The number of imidazole rings is 1. The third-order valence-electron chi connectivity index (χ3n) is 8.05. The van der Waals surface area contributed by atoms with Crippen LogP contribution in [0.5, 0.6) is 0 Å². The molecule has 1 aliphatic heterocycles. The Bertz CT molecular complexity index is 1280. The van der Waals surface area contributed by atoms with Gasteiger partial charge in [-0.3, -0.25) is 19.2 Å². The highest BCUT2D eigenvalue weighted by Gasteiger charge is 2.33. The number of aromatic amines is 1. The quantitative estimate of drug-likeness (QED) is 0.109. The molecule has 1 fully saturated rings. The van der Waals surface area contributed by atoms with Gasteiger partial charge in [-0.1, -0.05) is 58.0 Å². The monoisotopic (exact) mass is 653 g/mol. The lowest BCUT2D eigenvalue weighted by Crippen LogP contribution is -2.58. The number of carbonyl (C=O) groups is 5. The van der Waals surface area contributed by atoms with E-state index in [1.54, 1.807) is 6.20 Å². The first-order valence-electron chi connectivity index (χ1n) is 16.5. The SMILES string of the molecule is CC(C)C[C@@H](C=O)NC(=O)C[C@H](O)[C@H](CC(C)C)NC(=O)[C@H](Cc1cnc[nH]1)NC(=O)[C@H](Cc1ccccc1)NC(=O)[C@@H]1CCCN1. The van der Waals surface area contributed by atoms with E-state index in [1.807, 2.05) is 58.0 Å². The van der Waals surface area contributed by atoms with Gasteiger partial charge in [0.1, 0.15) is 18.4 Å². The molecule has 0 bridgehead atoms. The minimum absolute atomic E-state index is 0.0528. The molecule has 0 unspecified atom stereocenters.